The Morgan fingerprint density at radius 2 is 1.83 bits per heavy atom. The van der Waals surface area contributed by atoms with Crippen LogP contribution in [0.25, 0.3) is 10.9 Å². The molecule has 24 heavy (non-hydrogen) atoms. The fourth-order valence-corrected chi connectivity index (χ4v) is 2.39. The molecule has 6 nitrogen and oxygen atoms in total. The highest BCUT2D eigenvalue weighted by atomic mass is 16.5. The predicted molar refractivity (Wildman–Crippen MR) is 89.2 cm³/mol. The summed E-state index contributed by atoms with van der Waals surface area (Å²) in [6.45, 7) is 1.65. The third-order valence-corrected chi connectivity index (χ3v) is 3.63. The van der Waals surface area contributed by atoms with E-state index in [0.29, 0.717) is 28.0 Å². The Morgan fingerprint density at radius 3 is 2.62 bits per heavy atom. The van der Waals surface area contributed by atoms with Crippen molar-refractivity contribution >= 4 is 16.9 Å². The van der Waals surface area contributed by atoms with E-state index in [4.69, 9.17) is 9.47 Å². The molecule has 3 aromatic rings. The zero-order valence-electron chi connectivity index (χ0n) is 13.3. The number of para-hydroxylation sites is 2. The first-order chi connectivity index (χ1) is 11.6. The molecule has 1 N–H and O–H groups in total. The topological polar surface area (TPSA) is 81.3 Å². The standard InChI is InChI=1S/C18H16N2O4/c1-11(24-18(22)13-8-4-6-10-15(13)23-2)16-19-14-9-5-3-7-12(14)17(21)20-16/h3-11H,1-2H3,(H,19,20,21)/t11-/m1/s1. The number of nitrogens with zero attached hydrogens (tertiary/aromatic N) is 1. The lowest BCUT2D eigenvalue weighted by Gasteiger charge is -2.14. The van der Waals surface area contributed by atoms with E-state index in [1.807, 2.05) is 0 Å². The smallest absolute Gasteiger partial charge is 0.342 e. The fourth-order valence-electron chi connectivity index (χ4n) is 2.39. The molecule has 0 aliphatic rings. The summed E-state index contributed by atoms with van der Waals surface area (Å²) in [6, 6.07) is 13.8. The van der Waals surface area contributed by atoms with Crippen LogP contribution in [-0.4, -0.2) is 23.0 Å². The summed E-state index contributed by atoms with van der Waals surface area (Å²) < 4.78 is 10.6. The quantitative estimate of drug-likeness (QED) is 0.746. The van der Waals surface area contributed by atoms with Gasteiger partial charge in [0.25, 0.3) is 5.56 Å². The van der Waals surface area contributed by atoms with Crippen molar-refractivity contribution in [2.75, 3.05) is 7.11 Å². The lowest BCUT2D eigenvalue weighted by Crippen LogP contribution is -2.17. The van der Waals surface area contributed by atoms with Gasteiger partial charge in [-0.1, -0.05) is 24.3 Å². The number of fused-ring (bicyclic) bond motifs is 1. The minimum absolute atomic E-state index is 0.268. The lowest BCUT2D eigenvalue weighted by molar-refractivity contribution is 0.0316. The zero-order chi connectivity index (χ0) is 17.1. The van der Waals surface area contributed by atoms with Gasteiger partial charge >= 0.3 is 5.97 Å². The van der Waals surface area contributed by atoms with Crippen LogP contribution in [0.4, 0.5) is 0 Å². The number of methoxy groups -OCH3 is 1. The second kappa shape index (κ2) is 6.54. The fraction of sp³-hybridized carbons (Fsp3) is 0.167. The number of ether oxygens (including phenoxy) is 2. The first kappa shape index (κ1) is 15.7. The Bertz CT molecular complexity index is 949. The highest BCUT2D eigenvalue weighted by Gasteiger charge is 2.19. The van der Waals surface area contributed by atoms with E-state index in [1.54, 1.807) is 55.5 Å². The average molecular weight is 324 g/mol. The minimum Gasteiger partial charge on any atom is -0.496 e. The zero-order valence-corrected chi connectivity index (χ0v) is 13.3. The van der Waals surface area contributed by atoms with E-state index in [0.717, 1.165) is 0 Å². The van der Waals surface area contributed by atoms with Crippen molar-refractivity contribution in [1.82, 2.24) is 9.97 Å². The first-order valence-corrected chi connectivity index (χ1v) is 7.43. The van der Waals surface area contributed by atoms with Gasteiger partial charge in [-0.3, -0.25) is 4.79 Å². The van der Waals surface area contributed by atoms with Gasteiger partial charge in [0.05, 0.1) is 18.0 Å². The van der Waals surface area contributed by atoms with E-state index in [9.17, 15) is 9.59 Å². The normalized spacial score (nSPS) is 11.9. The van der Waals surface area contributed by atoms with Crippen molar-refractivity contribution in [1.29, 1.82) is 0 Å². The van der Waals surface area contributed by atoms with Crippen LogP contribution in [0.1, 0.15) is 29.2 Å². The predicted octanol–water partition coefficient (Wildman–Crippen LogP) is 2.85. The molecule has 122 valence electrons. The molecule has 2 aromatic carbocycles. The van der Waals surface area contributed by atoms with Crippen LogP contribution >= 0.6 is 0 Å². The SMILES string of the molecule is COc1ccccc1C(=O)O[C@H](C)c1nc2ccccc2c(=O)[nH]1. The number of H-pyrrole nitrogens is 1. The molecule has 0 amide bonds. The minimum atomic E-state index is -0.709. The Balaban J connectivity index is 1.88. The van der Waals surface area contributed by atoms with Gasteiger partial charge in [0, 0.05) is 0 Å². The molecule has 0 fully saturated rings. The number of aromatic nitrogens is 2. The van der Waals surface area contributed by atoms with E-state index in [1.165, 1.54) is 7.11 Å². The maximum atomic E-state index is 12.3. The second-order valence-electron chi connectivity index (χ2n) is 5.22. The lowest BCUT2D eigenvalue weighted by atomic mass is 10.2. The molecule has 0 saturated heterocycles. The van der Waals surface area contributed by atoms with Crippen LogP contribution in [0.15, 0.2) is 53.3 Å². The molecule has 0 radical (unpaired) electrons. The highest BCUT2D eigenvalue weighted by molar-refractivity contribution is 5.92. The van der Waals surface area contributed by atoms with Crippen molar-refractivity contribution in [3.8, 4) is 5.75 Å². The summed E-state index contributed by atoms with van der Waals surface area (Å²) in [5.41, 5.74) is 0.599. The number of carbonyl (C=O) groups is 1. The van der Waals surface area contributed by atoms with E-state index < -0.39 is 12.1 Å². The van der Waals surface area contributed by atoms with Gasteiger partial charge in [0.1, 0.15) is 11.3 Å². The van der Waals surface area contributed by atoms with Gasteiger partial charge < -0.3 is 14.5 Å². The van der Waals surface area contributed by atoms with Crippen LogP contribution in [0.2, 0.25) is 0 Å². The molecular formula is C18H16N2O4. The summed E-state index contributed by atoms with van der Waals surface area (Å²) in [5.74, 6) is 0.173. The Morgan fingerprint density at radius 1 is 1.12 bits per heavy atom. The van der Waals surface area contributed by atoms with Gasteiger partial charge in [0.2, 0.25) is 0 Å². The number of nitrogens with one attached hydrogen (secondary N) is 1. The Hall–Kier alpha value is -3.15. The molecule has 0 saturated carbocycles. The molecule has 3 rings (SSSR count). The number of benzene rings is 2. The van der Waals surface area contributed by atoms with Gasteiger partial charge in [-0.2, -0.15) is 0 Å². The van der Waals surface area contributed by atoms with Crippen LogP contribution in [0.5, 0.6) is 5.75 Å². The van der Waals surface area contributed by atoms with E-state index in [-0.39, 0.29) is 5.56 Å². The molecular weight excluding hydrogens is 308 g/mol. The summed E-state index contributed by atoms with van der Waals surface area (Å²) >= 11 is 0. The van der Waals surface area contributed by atoms with Crippen LogP contribution < -0.4 is 10.3 Å². The molecule has 1 aromatic heterocycles. The van der Waals surface area contributed by atoms with Crippen LogP contribution in [0.3, 0.4) is 0 Å². The molecule has 0 aliphatic carbocycles. The largest absolute Gasteiger partial charge is 0.496 e. The third-order valence-electron chi connectivity index (χ3n) is 3.63. The first-order valence-electron chi connectivity index (χ1n) is 7.43. The Kier molecular flexibility index (Phi) is 4.29. The van der Waals surface area contributed by atoms with Crippen molar-refractivity contribution < 1.29 is 14.3 Å². The summed E-state index contributed by atoms with van der Waals surface area (Å²) in [4.78, 5) is 31.5. The molecule has 1 heterocycles. The maximum absolute atomic E-state index is 12.3. The number of aromatic amines is 1. The summed E-state index contributed by atoms with van der Waals surface area (Å²) in [5, 5.41) is 0.490. The summed E-state index contributed by atoms with van der Waals surface area (Å²) in [7, 11) is 1.48. The highest BCUT2D eigenvalue weighted by Crippen LogP contribution is 2.22. The molecule has 0 spiro atoms. The number of rotatable bonds is 4. The molecule has 0 aliphatic heterocycles. The Labute approximate surface area is 138 Å². The second-order valence-corrected chi connectivity index (χ2v) is 5.22. The van der Waals surface area contributed by atoms with E-state index in [2.05, 4.69) is 9.97 Å². The van der Waals surface area contributed by atoms with E-state index >= 15 is 0 Å². The number of esters is 1. The average Bonchev–Trinajstić information content (AvgIpc) is 2.61. The molecule has 0 bridgehead atoms. The number of hydrogen-bond acceptors (Lipinski definition) is 5. The van der Waals surface area contributed by atoms with Gasteiger partial charge in [-0.25, -0.2) is 9.78 Å². The molecule has 0 unspecified atom stereocenters. The molecule has 6 heteroatoms. The van der Waals surface area contributed by atoms with Crippen molar-refractivity contribution in [2.45, 2.75) is 13.0 Å². The van der Waals surface area contributed by atoms with Crippen molar-refractivity contribution in [3.05, 3.63) is 70.3 Å². The number of hydrogen-bond donors (Lipinski definition) is 1. The number of carbonyl (C=O) groups excluding carboxylic acids is 1. The van der Waals surface area contributed by atoms with Gasteiger partial charge in [-0.05, 0) is 31.2 Å². The monoisotopic (exact) mass is 324 g/mol. The van der Waals surface area contributed by atoms with Crippen molar-refractivity contribution in [3.63, 3.8) is 0 Å². The maximum Gasteiger partial charge on any atom is 0.342 e. The van der Waals surface area contributed by atoms with Gasteiger partial charge in [-0.15, -0.1) is 0 Å². The van der Waals surface area contributed by atoms with Crippen LogP contribution in [-0.2, 0) is 4.74 Å². The molecule has 1 atom stereocenters. The summed E-state index contributed by atoms with van der Waals surface area (Å²) in [6.07, 6.45) is -0.709. The third kappa shape index (κ3) is 2.99. The van der Waals surface area contributed by atoms with Crippen LogP contribution in [0, 0.1) is 0 Å². The van der Waals surface area contributed by atoms with Crippen molar-refractivity contribution in [2.24, 2.45) is 0 Å². The van der Waals surface area contributed by atoms with Gasteiger partial charge in [0.15, 0.2) is 11.9 Å².